The number of fused-ring (bicyclic) bond motifs is 1. The molecule has 1 atom stereocenters. The molecule has 3 amide bonds. The third-order valence-electron chi connectivity index (χ3n) is 7.17. The number of carbonyl (C=O) groups is 3. The smallest absolute Gasteiger partial charge is 0.308 e. The minimum Gasteiger partial charge on any atom is -0.308 e. The van der Waals surface area contributed by atoms with E-state index in [1.54, 1.807) is 11.0 Å². The van der Waals surface area contributed by atoms with E-state index < -0.39 is 12.2 Å². The van der Waals surface area contributed by atoms with Crippen LogP contribution in [0, 0.1) is 12.8 Å². The third kappa shape index (κ3) is 5.55. The van der Waals surface area contributed by atoms with Gasteiger partial charge in [-0.25, -0.2) is 4.79 Å². The van der Waals surface area contributed by atoms with Crippen LogP contribution in [0.1, 0.15) is 65.4 Å². The second-order valence-electron chi connectivity index (χ2n) is 9.99. The molecule has 1 aromatic heterocycles. The Hall–Kier alpha value is -3.78. The van der Waals surface area contributed by atoms with Gasteiger partial charge in [0.1, 0.15) is 0 Å². The number of ketones is 1. The van der Waals surface area contributed by atoms with Crippen molar-refractivity contribution in [1.29, 1.82) is 0 Å². The number of urea groups is 1. The van der Waals surface area contributed by atoms with Crippen molar-refractivity contribution in [3.8, 4) is 0 Å². The zero-order chi connectivity index (χ0) is 26.6. The Balaban J connectivity index is 1.52. The van der Waals surface area contributed by atoms with E-state index in [4.69, 9.17) is 4.99 Å². The summed E-state index contributed by atoms with van der Waals surface area (Å²) < 4.78 is 0. The first-order valence-corrected chi connectivity index (χ1v) is 14.0. The van der Waals surface area contributed by atoms with Gasteiger partial charge in [-0.2, -0.15) is 0 Å². The topological polar surface area (TPSA) is 90.9 Å². The molecule has 2 N–H and O–H groups in total. The van der Waals surface area contributed by atoms with E-state index in [0.717, 1.165) is 53.8 Å². The molecule has 3 aromatic rings. The summed E-state index contributed by atoms with van der Waals surface area (Å²) in [7, 11) is 0. The van der Waals surface area contributed by atoms with Crippen LogP contribution in [0.3, 0.4) is 0 Å². The van der Waals surface area contributed by atoms with Crippen LogP contribution >= 0.6 is 11.3 Å². The van der Waals surface area contributed by atoms with Crippen LogP contribution in [0.15, 0.2) is 65.0 Å². The number of aliphatic imine (C=N–C) groups is 1. The molecule has 1 fully saturated rings. The van der Waals surface area contributed by atoms with Gasteiger partial charge in [0.15, 0.2) is 5.78 Å². The lowest BCUT2D eigenvalue weighted by Gasteiger charge is -2.26. The zero-order valence-electron chi connectivity index (χ0n) is 21.7. The largest absolute Gasteiger partial charge is 0.321 e. The van der Waals surface area contributed by atoms with Crippen molar-refractivity contribution < 1.29 is 14.4 Å². The summed E-state index contributed by atoms with van der Waals surface area (Å²) in [5, 5.41) is 7.54. The molecule has 0 bridgehead atoms. The van der Waals surface area contributed by atoms with Crippen molar-refractivity contribution in [1.82, 2.24) is 5.32 Å². The molecular weight excluding hydrogens is 496 g/mol. The monoisotopic (exact) mass is 528 g/mol. The van der Waals surface area contributed by atoms with E-state index in [-0.39, 0.29) is 24.2 Å². The Morgan fingerprint density at radius 1 is 1.05 bits per heavy atom. The van der Waals surface area contributed by atoms with Gasteiger partial charge in [-0.05, 0) is 67.5 Å². The zero-order valence-corrected chi connectivity index (χ0v) is 22.5. The molecule has 2 heterocycles. The summed E-state index contributed by atoms with van der Waals surface area (Å²) >= 11 is 1.38. The maximum absolute atomic E-state index is 14.1. The fourth-order valence-corrected chi connectivity index (χ4v) is 6.19. The van der Waals surface area contributed by atoms with Crippen LogP contribution in [-0.2, 0) is 11.3 Å². The molecule has 0 radical (unpaired) electrons. The highest BCUT2D eigenvalue weighted by Crippen LogP contribution is 2.35. The lowest BCUT2D eigenvalue weighted by molar-refractivity contribution is -0.120. The van der Waals surface area contributed by atoms with Crippen LogP contribution < -0.4 is 15.5 Å². The van der Waals surface area contributed by atoms with Gasteiger partial charge in [0, 0.05) is 17.2 Å². The molecule has 2 aromatic carbocycles. The summed E-state index contributed by atoms with van der Waals surface area (Å²) in [6, 6.07) is 16.7. The fraction of sp³-hybridized carbons (Fsp3) is 0.333. The number of benzene rings is 2. The second-order valence-corrected chi connectivity index (χ2v) is 10.9. The van der Waals surface area contributed by atoms with E-state index in [9.17, 15) is 14.4 Å². The number of nitrogens with one attached hydrogen (secondary N) is 2. The Morgan fingerprint density at radius 3 is 2.61 bits per heavy atom. The molecule has 0 unspecified atom stereocenters. The molecule has 1 saturated carbocycles. The van der Waals surface area contributed by atoms with E-state index in [1.807, 2.05) is 60.8 Å². The summed E-state index contributed by atoms with van der Waals surface area (Å²) in [4.78, 5) is 46.6. The molecule has 5 rings (SSSR count). The Kier molecular flexibility index (Phi) is 7.69. The molecule has 7 nitrogen and oxygen atoms in total. The number of Topliss-reactive ketones (excluding diaryl/α,β-unsaturated/α-hetero) is 1. The van der Waals surface area contributed by atoms with Crippen molar-refractivity contribution >= 4 is 46.1 Å². The summed E-state index contributed by atoms with van der Waals surface area (Å²) in [5.74, 6) is -0.143. The normalized spacial score (nSPS) is 17.8. The number of benzodiazepines with no additional fused rings is 1. The Bertz CT molecular complexity index is 1390. The van der Waals surface area contributed by atoms with Crippen LogP contribution in [-0.4, -0.2) is 29.6 Å². The molecule has 1 aliphatic carbocycles. The Labute approximate surface area is 227 Å². The average Bonchev–Trinajstić information content (AvgIpc) is 3.35. The quantitative estimate of drug-likeness (QED) is 0.367. The summed E-state index contributed by atoms with van der Waals surface area (Å²) in [6.07, 6.45) is 4.34. The van der Waals surface area contributed by atoms with Gasteiger partial charge < -0.3 is 15.5 Å². The molecule has 1 aliphatic heterocycles. The van der Waals surface area contributed by atoms with Gasteiger partial charge in [0.2, 0.25) is 6.17 Å². The van der Waals surface area contributed by atoms with Gasteiger partial charge in [-0.1, -0.05) is 49.6 Å². The molecule has 0 saturated heterocycles. The number of hydrogen-bond donors (Lipinski definition) is 2. The summed E-state index contributed by atoms with van der Waals surface area (Å²) in [6.45, 7) is 3.71. The predicted octanol–water partition coefficient (Wildman–Crippen LogP) is 6.32. The SMILES string of the molecule is CC(=O)c1sccc1CN1C(=O)[C@H](NC(=O)Nc2cccc(C)c2)N=C(C2CCCCC2)c2ccccc21. The van der Waals surface area contributed by atoms with Gasteiger partial charge >= 0.3 is 6.03 Å². The first-order valence-electron chi connectivity index (χ1n) is 13.1. The van der Waals surface area contributed by atoms with Gasteiger partial charge in [-0.3, -0.25) is 14.6 Å². The van der Waals surface area contributed by atoms with Gasteiger partial charge in [0.25, 0.3) is 5.91 Å². The first kappa shape index (κ1) is 25.9. The van der Waals surface area contributed by atoms with E-state index >= 15 is 0 Å². The molecule has 0 spiro atoms. The average molecular weight is 529 g/mol. The van der Waals surface area contributed by atoms with Crippen LogP contribution in [0.5, 0.6) is 0 Å². The first-order chi connectivity index (χ1) is 18.4. The van der Waals surface area contributed by atoms with E-state index in [1.165, 1.54) is 24.7 Å². The molecule has 196 valence electrons. The lowest BCUT2D eigenvalue weighted by atomic mass is 9.82. The molecule has 8 heteroatoms. The minimum atomic E-state index is -1.09. The van der Waals surface area contributed by atoms with Crippen LogP contribution in [0.2, 0.25) is 0 Å². The second kappa shape index (κ2) is 11.3. The summed E-state index contributed by atoms with van der Waals surface area (Å²) in [5.41, 5.74) is 4.99. The number of rotatable bonds is 6. The molecule has 2 aliphatic rings. The van der Waals surface area contributed by atoms with Gasteiger partial charge in [0.05, 0.1) is 22.8 Å². The predicted molar refractivity (Wildman–Crippen MR) is 152 cm³/mol. The number of thiophene rings is 1. The van der Waals surface area contributed by atoms with Crippen molar-refractivity contribution in [2.24, 2.45) is 10.9 Å². The molecule has 38 heavy (non-hydrogen) atoms. The Morgan fingerprint density at radius 2 is 1.84 bits per heavy atom. The van der Waals surface area contributed by atoms with Gasteiger partial charge in [-0.15, -0.1) is 11.3 Å². The van der Waals surface area contributed by atoms with E-state index in [0.29, 0.717) is 10.6 Å². The standard InChI is InChI=1S/C30H32N4O3S/c1-19-9-8-12-23(17-19)31-30(37)33-28-29(36)34(18-22-15-16-38-27(22)20(2)35)25-14-7-6-13-24(25)26(32-28)21-10-4-3-5-11-21/h6-9,12-17,21,28H,3-5,10-11,18H2,1-2H3,(H2,31,33,37)/t28-/m0/s1. The van der Waals surface area contributed by atoms with E-state index in [2.05, 4.69) is 10.6 Å². The number of carbonyl (C=O) groups excluding carboxylic acids is 3. The van der Waals surface area contributed by atoms with Crippen molar-refractivity contribution in [2.45, 2.75) is 58.7 Å². The van der Waals surface area contributed by atoms with Crippen LogP contribution in [0.25, 0.3) is 0 Å². The number of nitrogens with zero attached hydrogens (tertiary/aromatic N) is 2. The molecular formula is C30H32N4O3S. The highest BCUT2D eigenvalue weighted by atomic mass is 32.1. The maximum atomic E-state index is 14.1. The number of hydrogen-bond acceptors (Lipinski definition) is 5. The maximum Gasteiger partial charge on any atom is 0.321 e. The minimum absolute atomic E-state index is 0.0306. The number of para-hydroxylation sites is 1. The third-order valence-corrected chi connectivity index (χ3v) is 8.23. The highest BCUT2D eigenvalue weighted by Gasteiger charge is 2.35. The van der Waals surface area contributed by atoms with Crippen LogP contribution in [0.4, 0.5) is 16.2 Å². The number of aryl methyl sites for hydroxylation is 1. The lowest BCUT2D eigenvalue weighted by Crippen LogP contribution is -2.48. The van der Waals surface area contributed by atoms with Crippen molar-refractivity contribution in [3.05, 3.63) is 81.5 Å². The van der Waals surface area contributed by atoms with Crippen molar-refractivity contribution in [3.63, 3.8) is 0 Å². The van der Waals surface area contributed by atoms with Crippen molar-refractivity contribution in [2.75, 3.05) is 10.2 Å². The number of anilines is 2. The highest BCUT2D eigenvalue weighted by molar-refractivity contribution is 7.12. The fourth-order valence-electron chi connectivity index (χ4n) is 5.37. The number of amides is 3.